The lowest BCUT2D eigenvalue weighted by Gasteiger charge is -2.26. The fraction of sp³-hybridized carbons (Fsp3) is 0.556. The smallest absolute Gasteiger partial charge is 0.303 e. The first-order valence-corrected chi connectivity index (χ1v) is 8.50. The number of furan rings is 1. The number of carbonyl (C=O) groups excluding carboxylic acids is 1. The van der Waals surface area contributed by atoms with E-state index in [9.17, 15) is 4.79 Å². The van der Waals surface area contributed by atoms with Crippen LogP contribution in [-0.2, 0) is 22.7 Å². The summed E-state index contributed by atoms with van der Waals surface area (Å²) in [5.41, 5.74) is 0.913. The Balaban J connectivity index is 1.69. The number of aryl methyl sites for hydroxylation is 1. The van der Waals surface area contributed by atoms with Crippen molar-refractivity contribution in [2.45, 2.75) is 58.7 Å². The highest BCUT2D eigenvalue weighted by Gasteiger charge is 2.26. The lowest BCUT2D eigenvalue weighted by molar-refractivity contribution is -0.142. The second-order valence-electron chi connectivity index (χ2n) is 6.35. The quantitative estimate of drug-likeness (QED) is 0.777. The number of esters is 1. The molecule has 2 aromatic heterocycles. The lowest BCUT2D eigenvalue weighted by Crippen LogP contribution is -2.27. The van der Waals surface area contributed by atoms with Crippen LogP contribution in [0, 0.1) is 6.92 Å². The minimum atomic E-state index is -0.304. The molecule has 0 bridgehead atoms. The van der Waals surface area contributed by atoms with Crippen LogP contribution in [-0.4, -0.2) is 22.6 Å². The van der Waals surface area contributed by atoms with Crippen molar-refractivity contribution in [3.63, 3.8) is 0 Å². The summed E-state index contributed by atoms with van der Waals surface area (Å²) >= 11 is 0. The molecule has 3 heterocycles. The van der Waals surface area contributed by atoms with Crippen LogP contribution in [0.15, 0.2) is 27.1 Å². The van der Waals surface area contributed by atoms with Crippen molar-refractivity contribution in [3.8, 4) is 0 Å². The topological polar surface area (TPSA) is 68.7 Å². The molecule has 0 N–H and O–H groups in total. The van der Waals surface area contributed by atoms with Gasteiger partial charge in [-0.2, -0.15) is 0 Å². The van der Waals surface area contributed by atoms with Gasteiger partial charge in [-0.05, 0) is 38.4 Å². The summed E-state index contributed by atoms with van der Waals surface area (Å²) in [7, 11) is 0. The second-order valence-corrected chi connectivity index (χ2v) is 6.35. The highest BCUT2D eigenvalue weighted by atomic mass is 16.5. The predicted molar refractivity (Wildman–Crippen MR) is 87.0 cm³/mol. The summed E-state index contributed by atoms with van der Waals surface area (Å²) in [5.74, 6) is 2.17. The normalized spacial score (nSPS) is 19.2. The van der Waals surface area contributed by atoms with Crippen LogP contribution in [0.5, 0.6) is 0 Å². The molecule has 1 aliphatic heterocycles. The first-order valence-electron chi connectivity index (χ1n) is 8.50. The van der Waals surface area contributed by atoms with Crippen LogP contribution in [0.3, 0.4) is 0 Å². The number of rotatable bonds is 5. The van der Waals surface area contributed by atoms with Gasteiger partial charge >= 0.3 is 5.97 Å². The highest BCUT2D eigenvalue weighted by Crippen LogP contribution is 2.32. The van der Waals surface area contributed by atoms with E-state index in [4.69, 9.17) is 13.7 Å². The molecule has 1 aliphatic rings. The average Bonchev–Trinajstić information content (AvgIpc) is 3.10. The Morgan fingerprint density at radius 2 is 2.17 bits per heavy atom. The van der Waals surface area contributed by atoms with Gasteiger partial charge in [0.1, 0.15) is 18.1 Å². The van der Waals surface area contributed by atoms with Crippen LogP contribution in [0.1, 0.15) is 61.6 Å². The molecule has 2 aromatic rings. The molecular formula is C18H24N2O4. The molecule has 0 spiro atoms. The number of hydrogen-bond donors (Lipinski definition) is 0. The van der Waals surface area contributed by atoms with Crippen molar-refractivity contribution in [3.05, 3.63) is 41.2 Å². The summed E-state index contributed by atoms with van der Waals surface area (Å²) in [5, 5.41) is 4.04. The molecule has 130 valence electrons. The van der Waals surface area contributed by atoms with E-state index in [-0.39, 0.29) is 18.6 Å². The van der Waals surface area contributed by atoms with Crippen molar-refractivity contribution < 1.29 is 18.5 Å². The number of nitrogens with zero attached hydrogens (tertiary/aromatic N) is 2. The van der Waals surface area contributed by atoms with Gasteiger partial charge in [-0.3, -0.25) is 9.69 Å². The maximum atomic E-state index is 10.9. The molecule has 1 fully saturated rings. The third-order valence-corrected chi connectivity index (χ3v) is 4.33. The SMILES string of the molecule is CC(=O)OCc1ccc(CN2CCCCCC2c2cc(C)no2)o1. The first kappa shape index (κ1) is 16.8. The van der Waals surface area contributed by atoms with Crippen LogP contribution < -0.4 is 0 Å². The zero-order chi connectivity index (χ0) is 16.9. The molecule has 1 atom stereocenters. The maximum absolute atomic E-state index is 10.9. The van der Waals surface area contributed by atoms with Crippen molar-refractivity contribution in [1.29, 1.82) is 0 Å². The molecular weight excluding hydrogens is 308 g/mol. The van der Waals surface area contributed by atoms with Crippen LogP contribution in [0.2, 0.25) is 0 Å². The fourth-order valence-electron chi connectivity index (χ4n) is 3.18. The largest absolute Gasteiger partial charge is 0.461 e. The van der Waals surface area contributed by atoms with Crippen molar-refractivity contribution in [2.24, 2.45) is 0 Å². The van der Waals surface area contributed by atoms with Gasteiger partial charge in [-0.1, -0.05) is 18.0 Å². The van der Waals surface area contributed by atoms with E-state index in [1.165, 1.54) is 26.2 Å². The van der Waals surface area contributed by atoms with E-state index in [0.717, 1.165) is 30.2 Å². The van der Waals surface area contributed by atoms with Gasteiger partial charge in [0, 0.05) is 13.0 Å². The second kappa shape index (κ2) is 7.66. The molecule has 0 radical (unpaired) electrons. The molecule has 0 amide bonds. The van der Waals surface area contributed by atoms with E-state index in [0.29, 0.717) is 12.3 Å². The fourth-order valence-corrected chi connectivity index (χ4v) is 3.18. The summed E-state index contributed by atoms with van der Waals surface area (Å²) in [6.45, 7) is 5.24. The Kier molecular flexibility index (Phi) is 5.35. The summed E-state index contributed by atoms with van der Waals surface area (Å²) in [4.78, 5) is 13.3. The molecule has 6 heteroatoms. The van der Waals surface area contributed by atoms with Crippen LogP contribution >= 0.6 is 0 Å². The van der Waals surface area contributed by atoms with E-state index >= 15 is 0 Å². The summed E-state index contributed by atoms with van der Waals surface area (Å²) in [6.07, 6.45) is 4.66. The molecule has 1 unspecified atom stereocenters. The van der Waals surface area contributed by atoms with Crippen LogP contribution in [0.4, 0.5) is 0 Å². The summed E-state index contributed by atoms with van der Waals surface area (Å²) in [6, 6.07) is 6.07. The zero-order valence-corrected chi connectivity index (χ0v) is 14.3. The Morgan fingerprint density at radius 3 is 2.92 bits per heavy atom. The zero-order valence-electron chi connectivity index (χ0n) is 14.3. The lowest BCUT2D eigenvalue weighted by atomic mass is 10.1. The molecule has 0 saturated carbocycles. The summed E-state index contributed by atoms with van der Waals surface area (Å²) < 4.78 is 16.3. The Labute approximate surface area is 141 Å². The number of hydrogen-bond acceptors (Lipinski definition) is 6. The van der Waals surface area contributed by atoms with E-state index in [1.54, 1.807) is 0 Å². The number of aromatic nitrogens is 1. The first-order chi connectivity index (χ1) is 11.6. The Morgan fingerprint density at radius 1 is 1.33 bits per heavy atom. The molecule has 3 rings (SSSR count). The van der Waals surface area contributed by atoms with Gasteiger partial charge in [0.15, 0.2) is 5.76 Å². The van der Waals surface area contributed by atoms with Crippen molar-refractivity contribution >= 4 is 5.97 Å². The van der Waals surface area contributed by atoms with E-state index < -0.39 is 0 Å². The third kappa shape index (κ3) is 4.26. The van der Waals surface area contributed by atoms with Gasteiger partial charge < -0.3 is 13.7 Å². The Bertz CT molecular complexity index is 676. The molecule has 6 nitrogen and oxygen atoms in total. The molecule has 1 saturated heterocycles. The number of carbonyl (C=O) groups is 1. The predicted octanol–water partition coefficient (Wildman–Crippen LogP) is 3.76. The third-order valence-electron chi connectivity index (χ3n) is 4.33. The van der Waals surface area contributed by atoms with Gasteiger partial charge in [0.2, 0.25) is 0 Å². The standard InChI is InChI=1S/C18H24N2O4/c1-13-10-18(24-19-13)17-6-4-3-5-9-20(17)11-15-7-8-16(23-15)12-22-14(2)21/h7-8,10,17H,3-6,9,11-12H2,1-2H3. The minimum absolute atomic E-state index is 0.181. The van der Waals surface area contributed by atoms with Crippen molar-refractivity contribution in [2.75, 3.05) is 6.54 Å². The molecule has 0 aliphatic carbocycles. The van der Waals surface area contributed by atoms with Gasteiger partial charge in [-0.25, -0.2) is 0 Å². The Hall–Kier alpha value is -2.08. The van der Waals surface area contributed by atoms with Crippen molar-refractivity contribution in [1.82, 2.24) is 10.1 Å². The number of likely N-dealkylation sites (tertiary alicyclic amines) is 1. The average molecular weight is 332 g/mol. The highest BCUT2D eigenvalue weighted by molar-refractivity contribution is 5.65. The maximum Gasteiger partial charge on any atom is 0.303 e. The van der Waals surface area contributed by atoms with Gasteiger partial charge in [0.05, 0.1) is 18.3 Å². The van der Waals surface area contributed by atoms with E-state index in [2.05, 4.69) is 10.1 Å². The van der Waals surface area contributed by atoms with Crippen LogP contribution in [0.25, 0.3) is 0 Å². The molecule has 24 heavy (non-hydrogen) atoms. The number of ether oxygens (including phenoxy) is 1. The monoisotopic (exact) mass is 332 g/mol. The van der Waals surface area contributed by atoms with Gasteiger partial charge in [0.25, 0.3) is 0 Å². The molecule has 0 aromatic carbocycles. The van der Waals surface area contributed by atoms with Gasteiger partial charge in [-0.15, -0.1) is 0 Å². The minimum Gasteiger partial charge on any atom is -0.461 e. The van der Waals surface area contributed by atoms with E-state index in [1.807, 2.05) is 25.1 Å².